The van der Waals surface area contributed by atoms with Crippen LogP contribution in [0, 0.1) is 0 Å². The van der Waals surface area contributed by atoms with Crippen molar-refractivity contribution in [1.82, 2.24) is 14.7 Å². The van der Waals surface area contributed by atoms with Gasteiger partial charge in [-0.1, -0.05) is 12.8 Å². The Bertz CT molecular complexity index is 848. The lowest BCUT2D eigenvalue weighted by Crippen LogP contribution is -2.32. The van der Waals surface area contributed by atoms with Crippen LogP contribution in [0.4, 0.5) is 0 Å². The number of hydrogen-bond donors (Lipinski definition) is 0. The number of likely N-dealkylation sites (tertiary alicyclic amines) is 1. The van der Waals surface area contributed by atoms with E-state index < -0.39 is 0 Å². The Balaban J connectivity index is 1.73. The van der Waals surface area contributed by atoms with Crippen molar-refractivity contribution in [2.45, 2.75) is 32.1 Å². The molecule has 26 heavy (non-hydrogen) atoms. The van der Waals surface area contributed by atoms with Crippen molar-refractivity contribution in [1.29, 1.82) is 0 Å². The zero-order valence-electron chi connectivity index (χ0n) is 15.7. The Labute approximate surface area is 153 Å². The third kappa shape index (κ3) is 2.64. The van der Waals surface area contributed by atoms with Gasteiger partial charge in [0, 0.05) is 37.7 Å². The molecule has 0 unspecified atom stereocenters. The van der Waals surface area contributed by atoms with Crippen molar-refractivity contribution in [2.24, 2.45) is 7.05 Å². The highest BCUT2D eigenvalue weighted by Gasteiger charge is 2.32. The second-order valence-corrected chi connectivity index (χ2v) is 7.05. The van der Waals surface area contributed by atoms with Gasteiger partial charge < -0.3 is 14.4 Å². The number of nitrogens with zero attached hydrogens (tertiary/aromatic N) is 3. The molecule has 0 N–H and O–H groups in total. The van der Waals surface area contributed by atoms with E-state index in [-0.39, 0.29) is 5.91 Å². The van der Waals surface area contributed by atoms with Crippen LogP contribution in [0.25, 0.3) is 11.3 Å². The van der Waals surface area contributed by atoms with E-state index in [0.717, 1.165) is 48.3 Å². The van der Waals surface area contributed by atoms with E-state index in [4.69, 9.17) is 9.47 Å². The van der Waals surface area contributed by atoms with Crippen LogP contribution in [0.2, 0.25) is 0 Å². The molecule has 0 saturated carbocycles. The van der Waals surface area contributed by atoms with Crippen LogP contribution in [-0.2, 0) is 13.5 Å². The Kier molecular flexibility index (Phi) is 4.34. The molecule has 6 nitrogen and oxygen atoms in total. The molecule has 0 atom stereocenters. The standard InChI is InChI=1S/C20H25N3O3/c1-22-19-14-12-17(26-3)16(25-2)11-13(14)10-15(19)18(21-22)20(24)23-8-6-4-5-7-9-23/h11-12H,4-10H2,1-3H3. The zero-order chi connectivity index (χ0) is 18.3. The molecule has 1 aromatic heterocycles. The first-order valence-corrected chi connectivity index (χ1v) is 9.24. The average molecular weight is 355 g/mol. The molecular formula is C20H25N3O3. The van der Waals surface area contributed by atoms with E-state index in [1.54, 1.807) is 14.2 Å². The second kappa shape index (κ2) is 6.67. The van der Waals surface area contributed by atoms with Crippen LogP contribution in [0.5, 0.6) is 11.5 Å². The maximum absolute atomic E-state index is 13.1. The number of rotatable bonds is 3. The minimum Gasteiger partial charge on any atom is -0.493 e. The summed E-state index contributed by atoms with van der Waals surface area (Å²) in [6.07, 6.45) is 5.27. The molecule has 2 aromatic rings. The summed E-state index contributed by atoms with van der Waals surface area (Å²) in [6.45, 7) is 1.66. The van der Waals surface area contributed by atoms with Crippen LogP contribution in [0.15, 0.2) is 12.1 Å². The molecule has 1 fully saturated rings. The van der Waals surface area contributed by atoms with E-state index in [0.29, 0.717) is 23.6 Å². The molecule has 1 amide bonds. The van der Waals surface area contributed by atoms with E-state index >= 15 is 0 Å². The Morgan fingerprint density at radius 1 is 1.04 bits per heavy atom. The highest BCUT2D eigenvalue weighted by atomic mass is 16.5. The van der Waals surface area contributed by atoms with E-state index in [2.05, 4.69) is 5.10 Å². The molecule has 1 aliphatic carbocycles. The summed E-state index contributed by atoms with van der Waals surface area (Å²) in [5.41, 5.74) is 4.85. The second-order valence-electron chi connectivity index (χ2n) is 7.05. The maximum Gasteiger partial charge on any atom is 0.274 e. The lowest BCUT2D eigenvalue weighted by molar-refractivity contribution is 0.0754. The molecule has 2 aliphatic rings. The summed E-state index contributed by atoms with van der Waals surface area (Å²) in [5.74, 6) is 1.48. The number of ether oxygens (including phenoxy) is 2. The molecule has 4 rings (SSSR count). The molecule has 1 saturated heterocycles. The Morgan fingerprint density at radius 3 is 2.35 bits per heavy atom. The number of fused-ring (bicyclic) bond motifs is 3. The smallest absolute Gasteiger partial charge is 0.274 e. The predicted octanol–water partition coefficient (Wildman–Crippen LogP) is 3.02. The van der Waals surface area contributed by atoms with Crippen molar-refractivity contribution < 1.29 is 14.3 Å². The van der Waals surface area contributed by atoms with Gasteiger partial charge in [-0.2, -0.15) is 5.10 Å². The predicted molar refractivity (Wildman–Crippen MR) is 98.9 cm³/mol. The summed E-state index contributed by atoms with van der Waals surface area (Å²) in [6, 6.07) is 4.00. The third-order valence-corrected chi connectivity index (χ3v) is 5.47. The van der Waals surface area contributed by atoms with Crippen LogP contribution in [0.3, 0.4) is 0 Å². The van der Waals surface area contributed by atoms with Crippen molar-refractivity contribution >= 4 is 5.91 Å². The molecular weight excluding hydrogens is 330 g/mol. The van der Waals surface area contributed by atoms with Crippen molar-refractivity contribution in [3.63, 3.8) is 0 Å². The van der Waals surface area contributed by atoms with Gasteiger partial charge in [0.25, 0.3) is 5.91 Å². The van der Waals surface area contributed by atoms with Gasteiger partial charge >= 0.3 is 0 Å². The molecule has 1 aliphatic heterocycles. The number of aromatic nitrogens is 2. The summed E-state index contributed by atoms with van der Waals surface area (Å²) >= 11 is 0. The molecule has 2 heterocycles. The lowest BCUT2D eigenvalue weighted by Gasteiger charge is -2.19. The monoisotopic (exact) mass is 355 g/mol. The summed E-state index contributed by atoms with van der Waals surface area (Å²) in [4.78, 5) is 15.1. The van der Waals surface area contributed by atoms with E-state index in [1.807, 2.05) is 28.8 Å². The quantitative estimate of drug-likeness (QED) is 0.725. The molecule has 1 aromatic carbocycles. The van der Waals surface area contributed by atoms with Gasteiger partial charge in [-0.05, 0) is 30.5 Å². The molecule has 138 valence electrons. The first kappa shape index (κ1) is 16.9. The fraction of sp³-hybridized carbons (Fsp3) is 0.500. The SMILES string of the molecule is COc1cc2c(cc1OC)-c1c(c(C(=O)N3CCCCCC3)nn1C)C2. The number of hydrogen-bond acceptors (Lipinski definition) is 4. The molecule has 0 radical (unpaired) electrons. The van der Waals surface area contributed by atoms with Gasteiger partial charge in [0.05, 0.1) is 19.9 Å². The summed E-state index contributed by atoms with van der Waals surface area (Å²) < 4.78 is 12.7. The first-order valence-electron chi connectivity index (χ1n) is 9.24. The van der Waals surface area contributed by atoms with Crippen molar-refractivity contribution in [2.75, 3.05) is 27.3 Å². The van der Waals surface area contributed by atoms with E-state index in [1.165, 1.54) is 12.8 Å². The number of carbonyl (C=O) groups is 1. The first-order chi connectivity index (χ1) is 12.6. The van der Waals surface area contributed by atoms with Crippen molar-refractivity contribution in [3.8, 4) is 22.8 Å². The Hall–Kier alpha value is -2.50. The fourth-order valence-corrected chi connectivity index (χ4v) is 4.15. The minimum atomic E-state index is 0.0653. The van der Waals surface area contributed by atoms with Crippen LogP contribution in [0.1, 0.15) is 47.3 Å². The van der Waals surface area contributed by atoms with Gasteiger partial charge in [-0.25, -0.2) is 0 Å². The summed E-state index contributed by atoms with van der Waals surface area (Å²) in [7, 11) is 5.18. The molecule has 0 spiro atoms. The van der Waals surface area contributed by atoms with Gasteiger partial charge in [-0.3, -0.25) is 9.48 Å². The lowest BCUT2D eigenvalue weighted by atomic mass is 10.1. The zero-order valence-corrected chi connectivity index (χ0v) is 15.7. The summed E-state index contributed by atoms with van der Waals surface area (Å²) in [5, 5.41) is 4.59. The van der Waals surface area contributed by atoms with Crippen molar-refractivity contribution in [3.05, 3.63) is 29.0 Å². The average Bonchev–Trinajstić information content (AvgIpc) is 3.02. The normalized spacial score (nSPS) is 16.0. The highest BCUT2D eigenvalue weighted by molar-refractivity contribution is 5.97. The highest BCUT2D eigenvalue weighted by Crippen LogP contribution is 2.43. The van der Waals surface area contributed by atoms with Gasteiger partial charge in [0.2, 0.25) is 0 Å². The molecule has 0 bridgehead atoms. The number of benzene rings is 1. The molecule has 6 heteroatoms. The maximum atomic E-state index is 13.1. The Morgan fingerprint density at radius 2 is 1.69 bits per heavy atom. The van der Waals surface area contributed by atoms with Gasteiger partial charge in [0.15, 0.2) is 17.2 Å². The van der Waals surface area contributed by atoms with E-state index in [9.17, 15) is 4.79 Å². The van der Waals surface area contributed by atoms with Gasteiger partial charge in [0.1, 0.15) is 0 Å². The number of amides is 1. The minimum absolute atomic E-state index is 0.0653. The topological polar surface area (TPSA) is 56.6 Å². The largest absolute Gasteiger partial charge is 0.493 e. The van der Waals surface area contributed by atoms with Gasteiger partial charge in [-0.15, -0.1) is 0 Å². The van der Waals surface area contributed by atoms with Crippen LogP contribution >= 0.6 is 0 Å². The number of methoxy groups -OCH3 is 2. The van der Waals surface area contributed by atoms with Crippen LogP contribution < -0.4 is 9.47 Å². The van der Waals surface area contributed by atoms with Crippen LogP contribution in [-0.4, -0.2) is 47.9 Å². The fourth-order valence-electron chi connectivity index (χ4n) is 4.15. The third-order valence-electron chi connectivity index (χ3n) is 5.47. The number of aryl methyl sites for hydroxylation is 1. The number of carbonyl (C=O) groups excluding carboxylic acids is 1.